The fourth-order valence-electron chi connectivity index (χ4n) is 5.49. The lowest BCUT2D eigenvalue weighted by molar-refractivity contribution is -0.138. The number of rotatable bonds is 8. The Morgan fingerprint density at radius 3 is 1.72 bits per heavy atom. The Kier molecular flexibility index (Phi) is 8.72. The van der Waals surface area contributed by atoms with Crippen LogP contribution in [-0.2, 0) is 29.1 Å². The van der Waals surface area contributed by atoms with Crippen LogP contribution in [0.3, 0.4) is 0 Å². The molecule has 0 atom stereocenters. The fraction of sp³-hybridized carbons (Fsp3) is 0.387. The van der Waals surface area contributed by atoms with Gasteiger partial charge in [-0.1, -0.05) is 86.7 Å². The van der Waals surface area contributed by atoms with E-state index in [0.29, 0.717) is 17.9 Å². The van der Waals surface area contributed by atoms with Crippen molar-refractivity contribution in [2.75, 3.05) is 0 Å². The molecule has 0 aliphatic heterocycles. The summed E-state index contributed by atoms with van der Waals surface area (Å²) in [6.07, 6.45) is -3.23. The van der Waals surface area contributed by atoms with E-state index >= 15 is 0 Å². The Hall–Kier alpha value is -3.29. The van der Waals surface area contributed by atoms with E-state index in [1.807, 2.05) is 0 Å². The van der Waals surface area contributed by atoms with E-state index in [4.69, 9.17) is 0 Å². The second-order valence-corrected chi connectivity index (χ2v) is 10.3. The van der Waals surface area contributed by atoms with Gasteiger partial charge in [-0.05, 0) is 53.3 Å². The molecule has 3 aromatic carbocycles. The van der Waals surface area contributed by atoms with Gasteiger partial charge in [-0.3, -0.25) is 4.79 Å². The number of alkyl halides is 6. The van der Waals surface area contributed by atoms with E-state index in [1.54, 1.807) is 30.3 Å². The molecule has 1 saturated carbocycles. The maximum absolute atomic E-state index is 13.8. The topological polar surface area (TPSA) is 29.1 Å². The lowest BCUT2D eigenvalue weighted by atomic mass is 9.76. The molecule has 0 spiro atoms. The van der Waals surface area contributed by atoms with Crippen LogP contribution < -0.4 is 5.32 Å². The largest absolute Gasteiger partial charge is 0.416 e. The SMILES string of the molecule is O=C(CCC1CCCCC1)NC(Cc1ccccc1)(c1cccc(C(F)(F)F)c1)c1cccc(C(F)(F)F)c1. The number of carbonyl (C=O) groups is 1. The van der Waals surface area contributed by atoms with Crippen LogP contribution in [0.5, 0.6) is 0 Å². The minimum Gasteiger partial charge on any atom is -0.342 e. The Morgan fingerprint density at radius 2 is 1.21 bits per heavy atom. The number of hydrogen-bond donors (Lipinski definition) is 1. The summed E-state index contributed by atoms with van der Waals surface area (Å²) in [6.45, 7) is 0. The van der Waals surface area contributed by atoms with Gasteiger partial charge >= 0.3 is 12.4 Å². The Balaban J connectivity index is 1.84. The lowest BCUT2D eigenvalue weighted by Gasteiger charge is -2.37. The molecule has 1 aliphatic rings. The van der Waals surface area contributed by atoms with Crippen LogP contribution in [0.2, 0.25) is 0 Å². The normalized spacial score (nSPS) is 15.2. The van der Waals surface area contributed by atoms with E-state index in [0.717, 1.165) is 56.4 Å². The van der Waals surface area contributed by atoms with Crippen LogP contribution in [-0.4, -0.2) is 5.91 Å². The van der Waals surface area contributed by atoms with Crippen LogP contribution in [0.15, 0.2) is 78.9 Å². The monoisotopic (exact) mass is 547 g/mol. The van der Waals surface area contributed by atoms with Crippen LogP contribution in [0.25, 0.3) is 0 Å². The van der Waals surface area contributed by atoms with E-state index < -0.39 is 34.9 Å². The maximum Gasteiger partial charge on any atom is 0.416 e. The van der Waals surface area contributed by atoms with Crippen molar-refractivity contribution in [3.63, 3.8) is 0 Å². The summed E-state index contributed by atoms with van der Waals surface area (Å²) in [5, 5.41) is 2.93. The molecule has 2 nitrogen and oxygen atoms in total. The first-order chi connectivity index (χ1) is 18.5. The molecule has 0 unspecified atom stereocenters. The summed E-state index contributed by atoms with van der Waals surface area (Å²) < 4.78 is 82.6. The summed E-state index contributed by atoms with van der Waals surface area (Å²) in [4.78, 5) is 13.4. The van der Waals surface area contributed by atoms with Crippen molar-refractivity contribution >= 4 is 5.91 Å². The third-order valence-corrected chi connectivity index (χ3v) is 7.53. The Bertz CT molecular complexity index is 1190. The van der Waals surface area contributed by atoms with Crippen LogP contribution in [0.1, 0.15) is 72.8 Å². The molecule has 1 N–H and O–H groups in total. The standard InChI is InChI=1S/C31H31F6NO/c32-30(33,34)26-15-7-13-24(19-26)29(21-23-11-5-2-6-12-23,25-14-8-16-27(20-25)31(35,36)37)38-28(39)18-17-22-9-3-1-4-10-22/h2,5-8,11-16,19-20,22H,1,3-4,9-10,17-18,21H2,(H,38,39). The molecule has 3 aromatic rings. The summed E-state index contributed by atoms with van der Waals surface area (Å²) in [5.74, 6) is -0.0264. The first kappa shape index (κ1) is 28.7. The highest BCUT2D eigenvalue weighted by Gasteiger charge is 2.40. The van der Waals surface area contributed by atoms with Gasteiger partial charge in [0.2, 0.25) is 5.91 Å². The Labute approximate surface area is 224 Å². The first-order valence-corrected chi connectivity index (χ1v) is 13.2. The van der Waals surface area contributed by atoms with Crippen molar-refractivity contribution in [3.8, 4) is 0 Å². The molecular weight excluding hydrogens is 516 g/mol. The molecule has 1 amide bonds. The van der Waals surface area contributed by atoms with Crippen molar-refractivity contribution in [2.45, 2.75) is 69.3 Å². The average molecular weight is 548 g/mol. The van der Waals surface area contributed by atoms with E-state index in [1.165, 1.54) is 24.3 Å². The highest BCUT2D eigenvalue weighted by molar-refractivity contribution is 5.78. The van der Waals surface area contributed by atoms with Gasteiger partial charge < -0.3 is 5.32 Å². The lowest BCUT2D eigenvalue weighted by Crippen LogP contribution is -2.49. The van der Waals surface area contributed by atoms with Gasteiger partial charge in [0, 0.05) is 12.8 Å². The van der Waals surface area contributed by atoms with Gasteiger partial charge in [0.05, 0.1) is 16.7 Å². The summed E-state index contributed by atoms with van der Waals surface area (Å²) >= 11 is 0. The van der Waals surface area contributed by atoms with Gasteiger partial charge in [-0.2, -0.15) is 26.3 Å². The van der Waals surface area contributed by atoms with Crippen LogP contribution in [0, 0.1) is 5.92 Å². The van der Waals surface area contributed by atoms with Crippen molar-refractivity contribution in [3.05, 3.63) is 107 Å². The van der Waals surface area contributed by atoms with Crippen LogP contribution in [0.4, 0.5) is 26.3 Å². The molecule has 1 fully saturated rings. The highest BCUT2D eigenvalue weighted by Crippen LogP contribution is 2.40. The molecule has 0 heterocycles. The summed E-state index contributed by atoms with van der Waals surface area (Å²) in [6, 6.07) is 17.7. The van der Waals surface area contributed by atoms with Crippen molar-refractivity contribution in [2.24, 2.45) is 5.92 Å². The highest BCUT2D eigenvalue weighted by atomic mass is 19.4. The number of nitrogens with one attached hydrogen (secondary N) is 1. The third kappa shape index (κ3) is 7.22. The molecular formula is C31H31F6NO. The predicted octanol–water partition coefficient (Wildman–Crippen LogP) is 8.69. The minimum absolute atomic E-state index is 0.0361. The molecule has 0 radical (unpaired) electrons. The summed E-state index contributed by atoms with van der Waals surface area (Å²) in [7, 11) is 0. The Morgan fingerprint density at radius 1 is 0.692 bits per heavy atom. The van der Waals surface area contributed by atoms with Crippen molar-refractivity contribution in [1.29, 1.82) is 0 Å². The maximum atomic E-state index is 13.8. The molecule has 39 heavy (non-hydrogen) atoms. The zero-order valence-corrected chi connectivity index (χ0v) is 21.4. The van der Waals surface area contributed by atoms with Gasteiger partial charge in [-0.25, -0.2) is 0 Å². The summed E-state index contributed by atoms with van der Waals surface area (Å²) in [5.41, 5.74) is -2.78. The molecule has 8 heteroatoms. The second-order valence-electron chi connectivity index (χ2n) is 10.3. The van der Waals surface area contributed by atoms with Gasteiger partial charge in [0.15, 0.2) is 0 Å². The number of amides is 1. The van der Waals surface area contributed by atoms with Crippen molar-refractivity contribution in [1.82, 2.24) is 5.32 Å². The molecule has 208 valence electrons. The molecule has 0 bridgehead atoms. The average Bonchev–Trinajstić information content (AvgIpc) is 2.92. The van der Waals surface area contributed by atoms with E-state index in [-0.39, 0.29) is 24.0 Å². The number of benzene rings is 3. The second kappa shape index (κ2) is 11.8. The predicted molar refractivity (Wildman–Crippen MR) is 138 cm³/mol. The van der Waals surface area contributed by atoms with Gasteiger partial charge in [0.1, 0.15) is 0 Å². The van der Waals surface area contributed by atoms with Gasteiger partial charge in [0.25, 0.3) is 0 Å². The van der Waals surface area contributed by atoms with Crippen LogP contribution >= 0.6 is 0 Å². The first-order valence-electron chi connectivity index (χ1n) is 13.2. The van der Waals surface area contributed by atoms with E-state index in [2.05, 4.69) is 5.32 Å². The molecule has 1 aliphatic carbocycles. The zero-order valence-electron chi connectivity index (χ0n) is 21.4. The minimum atomic E-state index is -4.67. The number of halogens is 6. The number of carbonyl (C=O) groups excluding carboxylic acids is 1. The molecule has 4 rings (SSSR count). The quantitative estimate of drug-likeness (QED) is 0.281. The molecule has 0 aromatic heterocycles. The fourth-order valence-corrected chi connectivity index (χ4v) is 5.49. The van der Waals surface area contributed by atoms with Crippen molar-refractivity contribution < 1.29 is 31.1 Å². The van der Waals surface area contributed by atoms with Gasteiger partial charge in [-0.15, -0.1) is 0 Å². The van der Waals surface area contributed by atoms with E-state index in [9.17, 15) is 31.1 Å². The molecule has 0 saturated heterocycles. The zero-order chi connectivity index (χ0) is 28.1. The smallest absolute Gasteiger partial charge is 0.342 e. The third-order valence-electron chi connectivity index (χ3n) is 7.53. The number of hydrogen-bond acceptors (Lipinski definition) is 1.